The molecule has 0 aromatic heterocycles. The molecular formula is C13H13NO3. The summed E-state index contributed by atoms with van der Waals surface area (Å²) in [5, 5.41) is 0. The average molecular weight is 231 g/mol. The number of imide groups is 1. The van der Waals surface area contributed by atoms with Crippen LogP contribution in [0.3, 0.4) is 0 Å². The topological polar surface area (TPSA) is 54.5 Å². The summed E-state index contributed by atoms with van der Waals surface area (Å²) < 4.78 is 0. The highest BCUT2D eigenvalue weighted by Crippen LogP contribution is 2.13. The molecule has 17 heavy (non-hydrogen) atoms. The summed E-state index contributed by atoms with van der Waals surface area (Å²) in [6.45, 7) is 6.54. The van der Waals surface area contributed by atoms with Gasteiger partial charge in [-0.3, -0.25) is 19.3 Å². The summed E-state index contributed by atoms with van der Waals surface area (Å²) in [6.07, 6.45) is 1.54. The number of hydrogen-bond donors (Lipinski definition) is 0. The highest BCUT2D eigenvalue weighted by molar-refractivity contribution is 6.03. The predicted molar refractivity (Wildman–Crippen MR) is 63.6 cm³/mol. The Morgan fingerprint density at radius 3 is 2.41 bits per heavy atom. The number of carbonyl (C=O) groups is 3. The average Bonchev–Trinajstić information content (AvgIpc) is 2.30. The number of benzene rings is 1. The fourth-order valence-corrected chi connectivity index (χ4v) is 1.44. The van der Waals surface area contributed by atoms with E-state index in [0.717, 1.165) is 11.1 Å². The molecule has 0 N–H and O–H groups in total. The van der Waals surface area contributed by atoms with Gasteiger partial charge in [0.1, 0.15) is 0 Å². The van der Waals surface area contributed by atoms with Gasteiger partial charge < -0.3 is 0 Å². The first-order chi connectivity index (χ1) is 8.01. The van der Waals surface area contributed by atoms with Crippen molar-refractivity contribution in [1.82, 2.24) is 4.90 Å². The SMILES string of the molecule is C=CN(C=O)C(=O)c1ccc(C(C)=O)cc1C. The number of amides is 2. The lowest BCUT2D eigenvalue weighted by molar-refractivity contribution is -0.114. The third-order valence-corrected chi connectivity index (χ3v) is 2.41. The van der Waals surface area contributed by atoms with Gasteiger partial charge >= 0.3 is 0 Å². The van der Waals surface area contributed by atoms with Gasteiger partial charge in [-0.15, -0.1) is 0 Å². The van der Waals surface area contributed by atoms with Crippen LogP contribution < -0.4 is 0 Å². The Hall–Kier alpha value is -2.23. The molecule has 2 amide bonds. The van der Waals surface area contributed by atoms with E-state index in [9.17, 15) is 14.4 Å². The lowest BCUT2D eigenvalue weighted by atomic mass is 10.0. The number of Topliss-reactive ketones (excluding diaryl/α,β-unsaturated/α-hetero) is 1. The van der Waals surface area contributed by atoms with Crippen LogP contribution in [-0.4, -0.2) is 23.0 Å². The fourth-order valence-electron chi connectivity index (χ4n) is 1.44. The molecule has 0 heterocycles. The third kappa shape index (κ3) is 2.66. The van der Waals surface area contributed by atoms with Crippen LogP contribution >= 0.6 is 0 Å². The summed E-state index contributed by atoms with van der Waals surface area (Å²) in [5.41, 5.74) is 1.56. The van der Waals surface area contributed by atoms with Crippen molar-refractivity contribution in [2.45, 2.75) is 13.8 Å². The zero-order valence-corrected chi connectivity index (χ0v) is 9.77. The van der Waals surface area contributed by atoms with Gasteiger partial charge in [-0.25, -0.2) is 0 Å². The molecule has 4 heteroatoms. The molecule has 0 bridgehead atoms. The van der Waals surface area contributed by atoms with E-state index in [-0.39, 0.29) is 5.78 Å². The Labute approximate surface area is 99.5 Å². The Morgan fingerprint density at radius 2 is 2.00 bits per heavy atom. The minimum absolute atomic E-state index is 0.0666. The summed E-state index contributed by atoms with van der Waals surface area (Å²) >= 11 is 0. The first kappa shape index (κ1) is 12.8. The van der Waals surface area contributed by atoms with Crippen LogP contribution in [0.5, 0.6) is 0 Å². The van der Waals surface area contributed by atoms with Crippen molar-refractivity contribution in [2.75, 3.05) is 0 Å². The molecule has 1 aromatic rings. The first-order valence-electron chi connectivity index (χ1n) is 5.03. The molecule has 1 rings (SSSR count). The Bertz CT molecular complexity index is 483. The van der Waals surface area contributed by atoms with Gasteiger partial charge in [0, 0.05) is 17.3 Å². The quantitative estimate of drug-likeness (QED) is 0.587. The molecular weight excluding hydrogens is 218 g/mol. The lowest BCUT2D eigenvalue weighted by Crippen LogP contribution is -2.24. The molecule has 0 saturated heterocycles. The van der Waals surface area contributed by atoms with E-state index >= 15 is 0 Å². The van der Waals surface area contributed by atoms with E-state index in [4.69, 9.17) is 0 Å². The van der Waals surface area contributed by atoms with Crippen LogP contribution in [-0.2, 0) is 4.79 Å². The second-order valence-electron chi connectivity index (χ2n) is 3.59. The molecule has 0 aliphatic rings. The predicted octanol–water partition coefficient (Wildman–Crippen LogP) is 1.94. The number of hydrogen-bond acceptors (Lipinski definition) is 3. The molecule has 0 spiro atoms. The number of nitrogens with zero attached hydrogens (tertiary/aromatic N) is 1. The Kier molecular flexibility index (Phi) is 3.93. The van der Waals surface area contributed by atoms with Crippen molar-refractivity contribution in [3.8, 4) is 0 Å². The van der Waals surface area contributed by atoms with Crippen LogP contribution in [0, 0.1) is 6.92 Å². The van der Waals surface area contributed by atoms with E-state index in [0.29, 0.717) is 23.1 Å². The number of rotatable bonds is 4. The van der Waals surface area contributed by atoms with Gasteiger partial charge in [0.2, 0.25) is 6.41 Å². The van der Waals surface area contributed by atoms with Gasteiger partial charge in [-0.2, -0.15) is 0 Å². The minimum Gasteiger partial charge on any atom is -0.295 e. The number of aryl methyl sites for hydroxylation is 1. The summed E-state index contributed by atoms with van der Waals surface area (Å²) in [7, 11) is 0. The third-order valence-electron chi connectivity index (χ3n) is 2.41. The van der Waals surface area contributed by atoms with E-state index in [1.165, 1.54) is 13.0 Å². The van der Waals surface area contributed by atoms with Gasteiger partial charge in [-0.1, -0.05) is 12.6 Å². The molecule has 0 atom stereocenters. The van der Waals surface area contributed by atoms with Crippen molar-refractivity contribution in [3.05, 3.63) is 47.7 Å². The van der Waals surface area contributed by atoms with Crippen LogP contribution in [0.15, 0.2) is 31.0 Å². The van der Waals surface area contributed by atoms with Crippen molar-refractivity contribution in [1.29, 1.82) is 0 Å². The van der Waals surface area contributed by atoms with Gasteiger partial charge in [0.25, 0.3) is 5.91 Å². The molecule has 0 unspecified atom stereocenters. The van der Waals surface area contributed by atoms with Gasteiger partial charge in [0.05, 0.1) is 0 Å². The second-order valence-corrected chi connectivity index (χ2v) is 3.59. The Morgan fingerprint density at radius 1 is 1.35 bits per heavy atom. The zero-order valence-electron chi connectivity index (χ0n) is 9.77. The monoisotopic (exact) mass is 231 g/mol. The fraction of sp³-hybridized carbons (Fsp3) is 0.154. The van der Waals surface area contributed by atoms with E-state index in [1.54, 1.807) is 19.1 Å². The number of ketones is 1. The largest absolute Gasteiger partial charge is 0.295 e. The molecule has 0 radical (unpaired) electrons. The molecule has 0 fully saturated rings. The molecule has 0 saturated carbocycles. The maximum Gasteiger partial charge on any atom is 0.264 e. The van der Waals surface area contributed by atoms with Crippen molar-refractivity contribution in [2.24, 2.45) is 0 Å². The smallest absolute Gasteiger partial charge is 0.264 e. The Balaban J connectivity index is 3.16. The minimum atomic E-state index is -0.456. The second kappa shape index (κ2) is 5.21. The van der Waals surface area contributed by atoms with Crippen LogP contribution in [0.4, 0.5) is 0 Å². The van der Waals surface area contributed by atoms with Crippen LogP contribution in [0.1, 0.15) is 33.2 Å². The standard InChI is InChI=1S/C13H13NO3/c1-4-14(8-15)13(17)12-6-5-11(10(3)16)7-9(12)2/h4-8H,1H2,2-3H3. The normalized spacial score (nSPS) is 9.53. The summed E-state index contributed by atoms with van der Waals surface area (Å²) in [6, 6.07) is 4.73. The highest BCUT2D eigenvalue weighted by atomic mass is 16.2. The first-order valence-corrected chi connectivity index (χ1v) is 5.03. The summed E-state index contributed by atoms with van der Waals surface area (Å²) in [5.74, 6) is -0.523. The van der Waals surface area contributed by atoms with Gasteiger partial charge in [-0.05, 0) is 31.5 Å². The van der Waals surface area contributed by atoms with Crippen molar-refractivity contribution >= 4 is 18.1 Å². The van der Waals surface area contributed by atoms with E-state index in [1.807, 2.05) is 0 Å². The highest BCUT2D eigenvalue weighted by Gasteiger charge is 2.15. The molecule has 88 valence electrons. The molecule has 4 nitrogen and oxygen atoms in total. The maximum absolute atomic E-state index is 11.8. The summed E-state index contributed by atoms with van der Waals surface area (Å²) in [4.78, 5) is 34.5. The van der Waals surface area contributed by atoms with Crippen molar-refractivity contribution < 1.29 is 14.4 Å². The van der Waals surface area contributed by atoms with E-state index < -0.39 is 5.91 Å². The maximum atomic E-state index is 11.8. The lowest BCUT2D eigenvalue weighted by Gasteiger charge is -2.12. The zero-order chi connectivity index (χ0) is 13.0. The van der Waals surface area contributed by atoms with Gasteiger partial charge in [0.15, 0.2) is 5.78 Å². The van der Waals surface area contributed by atoms with Crippen LogP contribution in [0.2, 0.25) is 0 Å². The van der Waals surface area contributed by atoms with Crippen molar-refractivity contribution in [3.63, 3.8) is 0 Å². The van der Waals surface area contributed by atoms with E-state index in [2.05, 4.69) is 6.58 Å². The molecule has 0 aliphatic carbocycles. The van der Waals surface area contributed by atoms with Crippen LogP contribution in [0.25, 0.3) is 0 Å². The number of carbonyl (C=O) groups excluding carboxylic acids is 3. The molecule has 0 aliphatic heterocycles. The molecule has 1 aromatic carbocycles.